The molecule has 0 unspecified atom stereocenters. The molecule has 0 saturated heterocycles. The van der Waals surface area contributed by atoms with Gasteiger partial charge in [0.25, 0.3) is 5.91 Å². The molecule has 0 aliphatic carbocycles. The summed E-state index contributed by atoms with van der Waals surface area (Å²) in [5.74, 6) is 0.202. The highest BCUT2D eigenvalue weighted by molar-refractivity contribution is 6.04. The molecule has 86 valence electrons. The number of rotatable bonds is 2. The predicted molar refractivity (Wildman–Crippen MR) is 65.6 cm³/mol. The molecule has 3 N–H and O–H groups in total. The molecule has 2 aromatic rings. The van der Waals surface area contributed by atoms with Gasteiger partial charge in [-0.15, -0.1) is 0 Å². The molecule has 0 aromatic carbocycles. The maximum Gasteiger partial charge on any atom is 0.257 e. The fraction of sp³-hybridized carbons (Fsp3) is 0.0833. The lowest BCUT2D eigenvalue weighted by atomic mass is 10.2. The average Bonchev–Trinajstić information content (AvgIpc) is 2.32. The van der Waals surface area contributed by atoms with E-state index >= 15 is 0 Å². The highest BCUT2D eigenvalue weighted by Crippen LogP contribution is 2.09. The van der Waals surface area contributed by atoms with Gasteiger partial charge in [0, 0.05) is 12.4 Å². The van der Waals surface area contributed by atoms with Crippen molar-refractivity contribution >= 4 is 17.4 Å². The summed E-state index contributed by atoms with van der Waals surface area (Å²) < 4.78 is 0. The van der Waals surface area contributed by atoms with Crippen LogP contribution < -0.4 is 11.1 Å². The first-order valence-corrected chi connectivity index (χ1v) is 5.10. The molecule has 0 fully saturated rings. The molecule has 5 nitrogen and oxygen atoms in total. The number of aromatic nitrogens is 2. The second-order valence-corrected chi connectivity index (χ2v) is 3.68. The number of amides is 1. The predicted octanol–water partition coefficient (Wildman–Crippen LogP) is 1.62. The van der Waals surface area contributed by atoms with Gasteiger partial charge < -0.3 is 11.1 Å². The van der Waals surface area contributed by atoms with Crippen LogP contribution in [0.15, 0.2) is 36.8 Å². The quantitative estimate of drug-likeness (QED) is 0.818. The van der Waals surface area contributed by atoms with Crippen LogP contribution in [0.4, 0.5) is 11.5 Å². The van der Waals surface area contributed by atoms with Crippen molar-refractivity contribution in [2.24, 2.45) is 0 Å². The number of nitrogens with one attached hydrogen (secondary N) is 1. The van der Waals surface area contributed by atoms with Crippen molar-refractivity contribution in [3.8, 4) is 0 Å². The number of aryl methyl sites for hydroxylation is 1. The van der Waals surface area contributed by atoms with Crippen molar-refractivity contribution in [1.29, 1.82) is 0 Å². The Morgan fingerprint density at radius 1 is 1.29 bits per heavy atom. The van der Waals surface area contributed by atoms with Crippen LogP contribution in [-0.4, -0.2) is 15.9 Å². The van der Waals surface area contributed by atoms with Gasteiger partial charge in [0.1, 0.15) is 5.82 Å². The molecule has 2 aromatic heterocycles. The topological polar surface area (TPSA) is 80.9 Å². The third-order valence-corrected chi connectivity index (χ3v) is 2.18. The molecule has 2 rings (SSSR count). The van der Waals surface area contributed by atoms with E-state index in [9.17, 15) is 4.79 Å². The summed E-state index contributed by atoms with van der Waals surface area (Å²) in [6, 6.07) is 5.10. The first-order valence-electron chi connectivity index (χ1n) is 5.10. The van der Waals surface area contributed by atoms with Crippen LogP contribution in [0.1, 0.15) is 15.9 Å². The van der Waals surface area contributed by atoms with Crippen molar-refractivity contribution in [2.45, 2.75) is 6.92 Å². The molecule has 2 heterocycles. The average molecular weight is 228 g/mol. The normalized spacial score (nSPS) is 9.94. The zero-order valence-corrected chi connectivity index (χ0v) is 9.34. The van der Waals surface area contributed by atoms with Gasteiger partial charge >= 0.3 is 0 Å². The van der Waals surface area contributed by atoms with Crippen molar-refractivity contribution in [2.75, 3.05) is 11.1 Å². The first kappa shape index (κ1) is 11.1. The largest absolute Gasteiger partial charge is 0.384 e. The number of hydrogen-bond acceptors (Lipinski definition) is 4. The highest BCUT2D eigenvalue weighted by Gasteiger charge is 2.06. The van der Waals surface area contributed by atoms with E-state index in [4.69, 9.17) is 5.73 Å². The van der Waals surface area contributed by atoms with E-state index < -0.39 is 0 Å². The van der Waals surface area contributed by atoms with Gasteiger partial charge in [-0.25, -0.2) is 4.98 Å². The first-order chi connectivity index (χ1) is 8.15. The minimum Gasteiger partial charge on any atom is -0.384 e. The summed E-state index contributed by atoms with van der Waals surface area (Å²) in [5.41, 5.74) is 7.51. The lowest BCUT2D eigenvalue weighted by Gasteiger charge is -2.05. The smallest absolute Gasteiger partial charge is 0.257 e. The third-order valence-electron chi connectivity index (χ3n) is 2.18. The minimum absolute atomic E-state index is 0.215. The van der Waals surface area contributed by atoms with E-state index in [1.165, 1.54) is 12.4 Å². The minimum atomic E-state index is -0.215. The summed E-state index contributed by atoms with van der Waals surface area (Å²) in [4.78, 5) is 19.7. The van der Waals surface area contributed by atoms with Crippen LogP contribution in [0.2, 0.25) is 0 Å². The Kier molecular flexibility index (Phi) is 3.00. The molecule has 0 bridgehead atoms. The lowest BCUT2D eigenvalue weighted by molar-refractivity contribution is 0.102. The second kappa shape index (κ2) is 4.61. The number of nitrogens with two attached hydrogens (primary N) is 1. The zero-order chi connectivity index (χ0) is 12.3. The Morgan fingerprint density at radius 3 is 2.76 bits per heavy atom. The fourth-order valence-corrected chi connectivity index (χ4v) is 1.36. The Morgan fingerprint density at radius 2 is 2.12 bits per heavy atom. The number of carbonyl (C=O) groups excluding carboxylic acids is 1. The molecule has 1 amide bonds. The number of anilines is 2. The summed E-state index contributed by atoms with van der Waals surface area (Å²) in [6.45, 7) is 1.88. The van der Waals surface area contributed by atoms with Crippen LogP contribution in [0, 0.1) is 6.92 Å². The zero-order valence-electron chi connectivity index (χ0n) is 9.34. The van der Waals surface area contributed by atoms with E-state index in [1.54, 1.807) is 24.4 Å². The van der Waals surface area contributed by atoms with Crippen LogP contribution in [-0.2, 0) is 0 Å². The highest BCUT2D eigenvalue weighted by atomic mass is 16.1. The fourth-order valence-electron chi connectivity index (χ4n) is 1.36. The van der Waals surface area contributed by atoms with E-state index in [1.807, 2.05) is 6.92 Å². The van der Waals surface area contributed by atoms with Gasteiger partial charge in [-0.3, -0.25) is 9.78 Å². The molecule has 0 saturated carbocycles. The number of carbonyl (C=O) groups is 1. The van der Waals surface area contributed by atoms with E-state index in [2.05, 4.69) is 15.3 Å². The van der Waals surface area contributed by atoms with E-state index in [0.29, 0.717) is 17.1 Å². The molecule has 5 heteroatoms. The summed E-state index contributed by atoms with van der Waals surface area (Å²) in [7, 11) is 0. The number of nitrogens with zero attached hydrogens (tertiary/aromatic N) is 2. The van der Waals surface area contributed by atoms with Crippen LogP contribution in [0.5, 0.6) is 0 Å². The van der Waals surface area contributed by atoms with Gasteiger partial charge in [-0.1, -0.05) is 0 Å². The maximum atomic E-state index is 11.8. The van der Waals surface area contributed by atoms with Gasteiger partial charge in [-0.2, -0.15) is 0 Å². The number of hydrogen-bond donors (Lipinski definition) is 2. The molecule has 17 heavy (non-hydrogen) atoms. The summed E-state index contributed by atoms with van der Waals surface area (Å²) in [5, 5.41) is 2.72. The van der Waals surface area contributed by atoms with Crippen LogP contribution in [0.3, 0.4) is 0 Å². The molecule has 0 spiro atoms. The van der Waals surface area contributed by atoms with E-state index in [-0.39, 0.29) is 5.91 Å². The Bertz CT molecular complexity index is 536. The Labute approximate surface area is 98.7 Å². The number of nitrogen functional groups attached to an aromatic ring is 1. The Hall–Kier alpha value is -2.43. The summed E-state index contributed by atoms with van der Waals surface area (Å²) >= 11 is 0. The molecular formula is C12H12N4O. The van der Waals surface area contributed by atoms with Gasteiger partial charge in [0.2, 0.25) is 0 Å². The summed E-state index contributed by atoms with van der Waals surface area (Å²) in [6.07, 6.45) is 4.73. The van der Waals surface area contributed by atoms with Crippen molar-refractivity contribution in [1.82, 2.24) is 9.97 Å². The van der Waals surface area contributed by atoms with Gasteiger partial charge in [-0.05, 0) is 30.7 Å². The van der Waals surface area contributed by atoms with Crippen molar-refractivity contribution < 1.29 is 4.79 Å². The maximum absolute atomic E-state index is 11.8. The molecule has 0 atom stereocenters. The van der Waals surface area contributed by atoms with Crippen molar-refractivity contribution in [3.05, 3.63) is 47.9 Å². The SMILES string of the molecule is Cc1cncc(C(=O)Nc2ccc(N)nc2)c1. The molecular weight excluding hydrogens is 216 g/mol. The van der Waals surface area contributed by atoms with Gasteiger partial charge in [0.05, 0.1) is 17.4 Å². The standard InChI is InChI=1S/C12H12N4O/c1-8-4-9(6-14-5-8)12(17)16-10-2-3-11(13)15-7-10/h2-7H,1H3,(H2,13,15)(H,16,17). The van der Waals surface area contributed by atoms with Crippen molar-refractivity contribution in [3.63, 3.8) is 0 Å². The lowest BCUT2D eigenvalue weighted by Crippen LogP contribution is -2.12. The monoisotopic (exact) mass is 228 g/mol. The molecule has 0 aliphatic heterocycles. The van der Waals surface area contributed by atoms with E-state index in [0.717, 1.165) is 5.56 Å². The van der Waals surface area contributed by atoms with Crippen LogP contribution >= 0.6 is 0 Å². The Balaban J connectivity index is 2.14. The van der Waals surface area contributed by atoms with Crippen LogP contribution in [0.25, 0.3) is 0 Å². The molecule has 0 aliphatic rings. The third kappa shape index (κ3) is 2.78. The number of pyridine rings is 2. The molecule has 0 radical (unpaired) electrons. The second-order valence-electron chi connectivity index (χ2n) is 3.68. The van der Waals surface area contributed by atoms with Gasteiger partial charge in [0.15, 0.2) is 0 Å².